The molecule has 1 fully saturated rings. The molecule has 0 bridgehead atoms. The topological polar surface area (TPSA) is 82.2 Å². The number of pyridine rings is 1. The number of H-pyrrole nitrogens is 1. The van der Waals surface area contributed by atoms with Crippen molar-refractivity contribution >= 4 is 11.6 Å². The zero-order valence-electron chi connectivity index (χ0n) is 15.7. The van der Waals surface area contributed by atoms with Gasteiger partial charge in [0.1, 0.15) is 11.4 Å². The molecule has 2 aromatic rings. The van der Waals surface area contributed by atoms with Crippen LogP contribution in [0.15, 0.2) is 29.3 Å². The Balaban J connectivity index is 1.76. The van der Waals surface area contributed by atoms with Gasteiger partial charge in [-0.15, -0.1) is 0 Å². The van der Waals surface area contributed by atoms with E-state index < -0.39 is 0 Å². The van der Waals surface area contributed by atoms with Crippen molar-refractivity contribution in [3.8, 4) is 0 Å². The maximum Gasteiger partial charge on any atom is 0.264 e. The lowest BCUT2D eigenvalue weighted by atomic mass is 9.95. The number of nitrogens with zero attached hydrogens (tertiary/aromatic N) is 4. The number of carbonyl (C=O) groups is 1. The summed E-state index contributed by atoms with van der Waals surface area (Å²) in [5.41, 5.74) is 1.10. The molecule has 7 nitrogen and oxygen atoms in total. The van der Waals surface area contributed by atoms with Crippen LogP contribution in [0.3, 0.4) is 0 Å². The van der Waals surface area contributed by atoms with Crippen molar-refractivity contribution in [2.45, 2.75) is 33.1 Å². The molecule has 1 aliphatic heterocycles. The van der Waals surface area contributed by atoms with E-state index in [1.54, 1.807) is 24.2 Å². The SMILES string of the molecule is Cc1nc(C(C)(C)C)[nH]c(=O)c1C(=O)N1CCN(c2ccncc2)CC1. The molecule has 0 radical (unpaired) electrons. The summed E-state index contributed by atoms with van der Waals surface area (Å²) < 4.78 is 0. The summed E-state index contributed by atoms with van der Waals surface area (Å²) in [4.78, 5) is 40.6. The number of rotatable bonds is 2. The molecule has 0 unspecified atom stereocenters. The molecule has 0 saturated carbocycles. The molecule has 1 aliphatic rings. The Bertz CT molecular complexity index is 846. The Morgan fingerprint density at radius 3 is 2.27 bits per heavy atom. The quantitative estimate of drug-likeness (QED) is 0.887. The van der Waals surface area contributed by atoms with E-state index in [9.17, 15) is 9.59 Å². The van der Waals surface area contributed by atoms with Crippen molar-refractivity contribution in [1.82, 2.24) is 19.9 Å². The smallest absolute Gasteiger partial charge is 0.264 e. The number of aromatic amines is 1. The number of hydrogen-bond donors (Lipinski definition) is 1. The summed E-state index contributed by atoms with van der Waals surface area (Å²) in [7, 11) is 0. The molecule has 26 heavy (non-hydrogen) atoms. The van der Waals surface area contributed by atoms with Gasteiger partial charge in [-0.2, -0.15) is 0 Å². The largest absolute Gasteiger partial charge is 0.368 e. The Labute approximate surface area is 153 Å². The Morgan fingerprint density at radius 2 is 1.73 bits per heavy atom. The number of hydrogen-bond acceptors (Lipinski definition) is 5. The average molecular weight is 355 g/mol. The van der Waals surface area contributed by atoms with Gasteiger partial charge in [-0.05, 0) is 19.1 Å². The van der Waals surface area contributed by atoms with Gasteiger partial charge >= 0.3 is 0 Å². The lowest BCUT2D eigenvalue weighted by Crippen LogP contribution is -2.50. The third-order valence-corrected chi connectivity index (χ3v) is 4.62. The maximum atomic E-state index is 12.9. The predicted molar refractivity (Wildman–Crippen MR) is 101 cm³/mol. The molecule has 3 heterocycles. The highest BCUT2D eigenvalue weighted by atomic mass is 16.2. The van der Waals surface area contributed by atoms with E-state index in [1.165, 1.54) is 0 Å². The number of carbonyl (C=O) groups excluding carboxylic acids is 1. The Kier molecular flexibility index (Phi) is 4.80. The number of anilines is 1. The van der Waals surface area contributed by atoms with Crippen molar-refractivity contribution in [2.75, 3.05) is 31.1 Å². The summed E-state index contributed by atoms with van der Waals surface area (Å²) in [6.45, 7) is 10.2. The summed E-state index contributed by atoms with van der Waals surface area (Å²) in [5.74, 6) is 0.352. The van der Waals surface area contributed by atoms with E-state index >= 15 is 0 Å². The van der Waals surface area contributed by atoms with E-state index in [0.717, 1.165) is 18.8 Å². The lowest BCUT2D eigenvalue weighted by molar-refractivity contribution is 0.0743. The summed E-state index contributed by atoms with van der Waals surface area (Å²) >= 11 is 0. The first-order valence-corrected chi connectivity index (χ1v) is 8.83. The van der Waals surface area contributed by atoms with Gasteiger partial charge in [0.25, 0.3) is 11.5 Å². The molecule has 0 aliphatic carbocycles. The number of nitrogens with one attached hydrogen (secondary N) is 1. The molecule has 138 valence electrons. The molecule has 1 N–H and O–H groups in total. The molecular formula is C19H25N5O2. The first-order valence-electron chi connectivity index (χ1n) is 8.83. The summed E-state index contributed by atoms with van der Waals surface area (Å²) in [5, 5.41) is 0. The van der Waals surface area contributed by atoms with Crippen LogP contribution in [-0.4, -0.2) is 51.9 Å². The van der Waals surface area contributed by atoms with Gasteiger partial charge in [-0.1, -0.05) is 20.8 Å². The van der Waals surface area contributed by atoms with Gasteiger partial charge in [-0.25, -0.2) is 4.98 Å². The van der Waals surface area contributed by atoms with Crippen LogP contribution in [0.25, 0.3) is 0 Å². The van der Waals surface area contributed by atoms with Gasteiger partial charge in [-0.3, -0.25) is 14.6 Å². The fourth-order valence-electron chi connectivity index (χ4n) is 3.07. The molecule has 0 atom stereocenters. The van der Waals surface area contributed by atoms with E-state index in [1.807, 2.05) is 32.9 Å². The molecule has 0 aromatic carbocycles. The number of aromatic nitrogens is 3. The van der Waals surface area contributed by atoms with Crippen molar-refractivity contribution in [3.05, 3.63) is 52.0 Å². The zero-order chi connectivity index (χ0) is 18.9. The normalized spacial score (nSPS) is 15.2. The number of amides is 1. The minimum atomic E-state index is -0.357. The van der Waals surface area contributed by atoms with Crippen LogP contribution < -0.4 is 10.5 Å². The fraction of sp³-hybridized carbons (Fsp3) is 0.474. The number of aryl methyl sites for hydroxylation is 1. The molecule has 1 amide bonds. The van der Waals surface area contributed by atoms with Crippen LogP contribution in [0.1, 0.15) is 42.6 Å². The highest BCUT2D eigenvalue weighted by Crippen LogP contribution is 2.19. The van der Waals surface area contributed by atoms with Crippen LogP contribution in [0.4, 0.5) is 5.69 Å². The Morgan fingerprint density at radius 1 is 1.12 bits per heavy atom. The van der Waals surface area contributed by atoms with Crippen LogP contribution in [0.2, 0.25) is 0 Å². The molecule has 7 heteroatoms. The second-order valence-electron chi connectivity index (χ2n) is 7.61. The lowest BCUT2D eigenvalue weighted by Gasteiger charge is -2.36. The zero-order valence-corrected chi connectivity index (χ0v) is 15.7. The summed E-state index contributed by atoms with van der Waals surface area (Å²) in [6, 6.07) is 3.92. The average Bonchev–Trinajstić information content (AvgIpc) is 2.61. The van der Waals surface area contributed by atoms with E-state index in [-0.39, 0.29) is 22.4 Å². The standard InChI is InChI=1S/C19H25N5O2/c1-13-15(16(25)22-18(21-13)19(2,3)4)17(26)24-11-9-23(10-12-24)14-5-7-20-8-6-14/h5-8H,9-12H2,1-4H3,(H,21,22,25). The highest BCUT2D eigenvalue weighted by molar-refractivity contribution is 5.95. The molecular weight excluding hydrogens is 330 g/mol. The second kappa shape index (κ2) is 6.90. The van der Waals surface area contributed by atoms with Crippen molar-refractivity contribution < 1.29 is 4.79 Å². The van der Waals surface area contributed by atoms with Gasteiger partial charge in [0.15, 0.2) is 0 Å². The Hall–Kier alpha value is -2.70. The minimum absolute atomic E-state index is 0.148. The third-order valence-electron chi connectivity index (χ3n) is 4.62. The van der Waals surface area contributed by atoms with E-state index in [0.29, 0.717) is 24.6 Å². The van der Waals surface area contributed by atoms with Crippen LogP contribution >= 0.6 is 0 Å². The van der Waals surface area contributed by atoms with Crippen LogP contribution in [-0.2, 0) is 5.41 Å². The van der Waals surface area contributed by atoms with Gasteiger partial charge < -0.3 is 14.8 Å². The van der Waals surface area contributed by atoms with Crippen molar-refractivity contribution in [2.24, 2.45) is 0 Å². The highest BCUT2D eigenvalue weighted by Gasteiger charge is 2.27. The first kappa shape index (κ1) is 18.1. The second-order valence-corrected chi connectivity index (χ2v) is 7.61. The molecule has 0 spiro atoms. The van der Waals surface area contributed by atoms with Crippen molar-refractivity contribution in [3.63, 3.8) is 0 Å². The minimum Gasteiger partial charge on any atom is -0.368 e. The van der Waals surface area contributed by atoms with E-state index in [4.69, 9.17) is 0 Å². The van der Waals surface area contributed by atoms with E-state index in [2.05, 4.69) is 19.9 Å². The molecule has 1 saturated heterocycles. The van der Waals surface area contributed by atoms with Crippen molar-refractivity contribution in [1.29, 1.82) is 0 Å². The monoisotopic (exact) mass is 355 g/mol. The molecule has 3 rings (SSSR count). The summed E-state index contributed by atoms with van der Waals surface area (Å²) in [6.07, 6.45) is 3.52. The number of piperazine rings is 1. The molecule has 2 aromatic heterocycles. The van der Waals surface area contributed by atoms with Crippen LogP contribution in [0.5, 0.6) is 0 Å². The third kappa shape index (κ3) is 3.61. The van der Waals surface area contributed by atoms with Crippen LogP contribution in [0, 0.1) is 6.92 Å². The van der Waals surface area contributed by atoms with Gasteiger partial charge in [0.2, 0.25) is 0 Å². The van der Waals surface area contributed by atoms with Gasteiger partial charge in [0.05, 0.1) is 5.69 Å². The predicted octanol–water partition coefficient (Wildman–Crippen LogP) is 1.73. The fourth-order valence-corrected chi connectivity index (χ4v) is 3.07. The maximum absolute atomic E-state index is 12.9. The first-order chi connectivity index (χ1) is 12.3. The van der Waals surface area contributed by atoms with Gasteiger partial charge in [0, 0.05) is 49.7 Å².